The summed E-state index contributed by atoms with van der Waals surface area (Å²) in [4.78, 5) is 20.0. The topological polar surface area (TPSA) is 90.9 Å². The number of aliphatic imine (C=N–C) groups is 1. The van der Waals surface area contributed by atoms with E-state index in [4.69, 9.17) is 0 Å². The minimum Gasteiger partial charge on any atom is -0.378 e. The highest BCUT2D eigenvalue weighted by molar-refractivity contribution is 5.82. The van der Waals surface area contributed by atoms with Gasteiger partial charge in [-0.05, 0) is 13.8 Å². The number of fused-ring (bicyclic) bond motifs is 1. The van der Waals surface area contributed by atoms with Crippen LogP contribution in [0.3, 0.4) is 0 Å². The quantitative estimate of drug-likeness (QED) is 0.762. The molecule has 1 aliphatic rings. The second-order valence-electron chi connectivity index (χ2n) is 4.46. The predicted molar refractivity (Wildman–Crippen MR) is 74.1 cm³/mol. The summed E-state index contributed by atoms with van der Waals surface area (Å²) < 4.78 is 0. The van der Waals surface area contributed by atoms with Crippen molar-refractivity contribution in [2.45, 2.75) is 19.9 Å². The van der Waals surface area contributed by atoms with Gasteiger partial charge in [-0.15, -0.1) is 0 Å². The molecule has 0 saturated heterocycles. The van der Waals surface area contributed by atoms with Crippen molar-refractivity contribution in [2.75, 3.05) is 11.9 Å². The Morgan fingerprint density at radius 3 is 3.05 bits per heavy atom. The number of aromatic nitrogens is 4. The van der Waals surface area contributed by atoms with Crippen LogP contribution in [0.1, 0.15) is 12.7 Å². The van der Waals surface area contributed by atoms with Gasteiger partial charge in [-0.25, -0.2) is 15.0 Å². The standard InChI is InChI=1S/C12H15N7/c1-7-3-13-4-9(17-7)5-14-11-10-12(16-6-15-10)19-8(2)18-11/h3-4,6,9,17H,5H2,1-2H3,(H2,14,15,16,18,19). The molecule has 1 atom stereocenters. The van der Waals surface area contributed by atoms with Gasteiger partial charge in [0.25, 0.3) is 0 Å². The van der Waals surface area contributed by atoms with Gasteiger partial charge in [-0.2, -0.15) is 0 Å². The third-order valence-corrected chi connectivity index (χ3v) is 2.83. The van der Waals surface area contributed by atoms with Gasteiger partial charge in [0.15, 0.2) is 11.5 Å². The smallest absolute Gasteiger partial charge is 0.183 e. The third kappa shape index (κ3) is 2.40. The number of hydrogen-bond donors (Lipinski definition) is 3. The van der Waals surface area contributed by atoms with Crippen LogP contribution in [0.25, 0.3) is 11.2 Å². The first kappa shape index (κ1) is 11.6. The molecule has 0 radical (unpaired) electrons. The summed E-state index contributed by atoms with van der Waals surface area (Å²) in [5, 5.41) is 6.62. The summed E-state index contributed by atoms with van der Waals surface area (Å²) in [6, 6.07) is 0.151. The monoisotopic (exact) mass is 257 g/mol. The van der Waals surface area contributed by atoms with E-state index < -0.39 is 0 Å². The molecule has 0 saturated carbocycles. The molecule has 7 nitrogen and oxygen atoms in total. The van der Waals surface area contributed by atoms with E-state index in [1.54, 1.807) is 12.5 Å². The largest absolute Gasteiger partial charge is 0.378 e. The van der Waals surface area contributed by atoms with Gasteiger partial charge < -0.3 is 15.6 Å². The average molecular weight is 257 g/mol. The van der Waals surface area contributed by atoms with Crippen molar-refractivity contribution >= 4 is 23.2 Å². The SMILES string of the molecule is CC1=CN=CC(CNc2nc(C)nc3nc[nH]c23)N1. The van der Waals surface area contributed by atoms with E-state index in [-0.39, 0.29) is 6.04 Å². The van der Waals surface area contributed by atoms with Crippen LogP contribution in [0.5, 0.6) is 0 Å². The van der Waals surface area contributed by atoms with Gasteiger partial charge in [-0.3, -0.25) is 4.99 Å². The number of rotatable bonds is 3. The first-order valence-electron chi connectivity index (χ1n) is 6.10. The molecule has 1 unspecified atom stereocenters. The molecule has 0 aromatic carbocycles. The van der Waals surface area contributed by atoms with Crippen LogP contribution in [0.2, 0.25) is 0 Å². The Morgan fingerprint density at radius 2 is 2.21 bits per heavy atom. The van der Waals surface area contributed by atoms with Crippen molar-refractivity contribution < 1.29 is 0 Å². The molecule has 7 heteroatoms. The highest BCUT2D eigenvalue weighted by Gasteiger charge is 2.11. The van der Waals surface area contributed by atoms with E-state index in [2.05, 4.69) is 35.6 Å². The van der Waals surface area contributed by atoms with E-state index in [1.807, 2.05) is 20.1 Å². The number of hydrogen-bond acceptors (Lipinski definition) is 6. The summed E-state index contributed by atoms with van der Waals surface area (Å²) in [7, 11) is 0. The number of imidazole rings is 1. The van der Waals surface area contributed by atoms with Gasteiger partial charge in [0.2, 0.25) is 0 Å². The minimum absolute atomic E-state index is 0.151. The van der Waals surface area contributed by atoms with Gasteiger partial charge in [0.1, 0.15) is 11.3 Å². The van der Waals surface area contributed by atoms with E-state index in [0.717, 1.165) is 17.0 Å². The highest BCUT2D eigenvalue weighted by atomic mass is 15.1. The van der Waals surface area contributed by atoms with Crippen molar-refractivity contribution in [1.82, 2.24) is 25.3 Å². The van der Waals surface area contributed by atoms with Crippen molar-refractivity contribution in [3.05, 3.63) is 24.0 Å². The molecule has 2 aromatic heterocycles. The molecular weight excluding hydrogens is 242 g/mol. The number of aromatic amines is 1. The van der Waals surface area contributed by atoms with Gasteiger partial charge in [0.05, 0.1) is 12.4 Å². The zero-order valence-electron chi connectivity index (χ0n) is 10.8. The Kier molecular flexibility index (Phi) is 2.86. The number of nitrogens with one attached hydrogen (secondary N) is 3. The fourth-order valence-electron chi connectivity index (χ4n) is 2.01. The van der Waals surface area contributed by atoms with Crippen molar-refractivity contribution in [1.29, 1.82) is 0 Å². The van der Waals surface area contributed by atoms with E-state index >= 15 is 0 Å². The van der Waals surface area contributed by atoms with Gasteiger partial charge in [-0.1, -0.05) is 0 Å². The summed E-state index contributed by atoms with van der Waals surface area (Å²) in [5.41, 5.74) is 2.56. The van der Waals surface area contributed by atoms with Crippen LogP contribution in [0.15, 0.2) is 23.2 Å². The minimum atomic E-state index is 0.151. The first-order chi connectivity index (χ1) is 9.22. The fraction of sp³-hybridized carbons (Fsp3) is 0.333. The highest BCUT2D eigenvalue weighted by Crippen LogP contribution is 2.16. The van der Waals surface area contributed by atoms with Gasteiger partial charge >= 0.3 is 0 Å². The molecule has 1 aliphatic heterocycles. The summed E-state index contributed by atoms with van der Waals surface area (Å²) >= 11 is 0. The number of anilines is 1. The van der Waals surface area contributed by atoms with Crippen LogP contribution in [0, 0.1) is 6.92 Å². The molecule has 3 heterocycles. The van der Waals surface area contributed by atoms with E-state index in [1.165, 1.54) is 0 Å². The second kappa shape index (κ2) is 4.68. The molecule has 19 heavy (non-hydrogen) atoms. The van der Waals surface area contributed by atoms with Crippen LogP contribution >= 0.6 is 0 Å². The average Bonchev–Trinajstić information content (AvgIpc) is 2.84. The molecule has 3 rings (SSSR count). The Morgan fingerprint density at radius 1 is 1.32 bits per heavy atom. The second-order valence-corrected chi connectivity index (χ2v) is 4.46. The van der Waals surface area contributed by atoms with Crippen LogP contribution in [0.4, 0.5) is 5.82 Å². The van der Waals surface area contributed by atoms with Gasteiger partial charge in [0, 0.05) is 24.7 Å². The number of allylic oxidation sites excluding steroid dienone is 1. The van der Waals surface area contributed by atoms with Crippen molar-refractivity contribution in [3.63, 3.8) is 0 Å². The van der Waals surface area contributed by atoms with E-state index in [9.17, 15) is 0 Å². The lowest BCUT2D eigenvalue weighted by Crippen LogP contribution is -2.37. The maximum absolute atomic E-state index is 4.40. The zero-order valence-corrected chi connectivity index (χ0v) is 10.8. The van der Waals surface area contributed by atoms with Crippen molar-refractivity contribution in [2.24, 2.45) is 4.99 Å². The molecular formula is C12H15N7. The summed E-state index contributed by atoms with van der Waals surface area (Å²) in [5.74, 6) is 1.46. The zero-order chi connectivity index (χ0) is 13.2. The Balaban J connectivity index is 1.77. The number of H-pyrrole nitrogens is 1. The lowest BCUT2D eigenvalue weighted by Gasteiger charge is -2.19. The fourth-order valence-corrected chi connectivity index (χ4v) is 2.01. The molecule has 0 bridgehead atoms. The first-order valence-corrected chi connectivity index (χ1v) is 6.10. The Hall–Kier alpha value is -2.44. The Labute approximate surface area is 110 Å². The van der Waals surface area contributed by atoms with Crippen LogP contribution in [-0.4, -0.2) is 38.7 Å². The lowest BCUT2D eigenvalue weighted by atomic mass is 10.2. The predicted octanol–water partition coefficient (Wildman–Crippen LogP) is 0.977. The van der Waals surface area contributed by atoms with Crippen LogP contribution in [-0.2, 0) is 0 Å². The molecule has 2 aromatic rings. The third-order valence-electron chi connectivity index (χ3n) is 2.83. The maximum Gasteiger partial charge on any atom is 0.183 e. The molecule has 0 fully saturated rings. The lowest BCUT2D eigenvalue weighted by molar-refractivity contribution is 0.722. The Bertz CT molecular complexity index is 655. The summed E-state index contributed by atoms with van der Waals surface area (Å²) in [6.45, 7) is 4.54. The number of nitrogens with zero attached hydrogens (tertiary/aromatic N) is 4. The molecule has 0 spiro atoms. The maximum atomic E-state index is 4.40. The summed E-state index contributed by atoms with van der Waals surface area (Å²) in [6.07, 6.45) is 5.30. The van der Waals surface area contributed by atoms with Crippen molar-refractivity contribution in [3.8, 4) is 0 Å². The normalized spacial score (nSPS) is 18.2. The molecule has 0 aliphatic carbocycles. The molecule has 3 N–H and O–H groups in total. The molecule has 0 amide bonds. The van der Waals surface area contributed by atoms with E-state index in [0.29, 0.717) is 18.0 Å². The van der Waals surface area contributed by atoms with Crippen LogP contribution < -0.4 is 10.6 Å². The number of aryl methyl sites for hydroxylation is 1. The molecule has 98 valence electrons.